The van der Waals surface area contributed by atoms with Crippen LogP contribution in [0.1, 0.15) is 5.76 Å². The first kappa shape index (κ1) is 12.7. The number of fused-ring (bicyclic) bond motifs is 1. The second kappa shape index (κ2) is 5.71. The van der Waals surface area contributed by atoms with Gasteiger partial charge in [0, 0.05) is 44.9 Å². The molecule has 17 heavy (non-hydrogen) atoms. The third-order valence-electron chi connectivity index (χ3n) is 2.20. The Morgan fingerprint density at radius 1 is 1.35 bits per heavy atom. The van der Waals surface area contributed by atoms with E-state index in [1.54, 1.807) is 17.6 Å². The molecule has 0 aliphatic carbocycles. The van der Waals surface area contributed by atoms with Crippen LogP contribution in [0, 0.1) is 6.33 Å². The van der Waals surface area contributed by atoms with E-state index in [9.17, 15) is 0 Å². The molecule has 0 saturated carbocycles. The monoisotopic (exact) mass is 319 g/mol. The van der Waals surface area contributed by atoms with E-state index in [4.69, 9.17) is 4.42 Å². The molecule has 3 heterocycles. The van der Waals surface area contributed by atoms with Gasteiger partial charge >= 0.3 is 0 Å². The summed E-state index contributed by atoms with van der Waals surface area (Å²) in [5.74, 6) is 1.68. The maximum Gasteiger partial charge on any atom is 0.121 e. The Balaban J connectivity index is 0.00000108. The molecule has 0 amide bonds. The molecule has 0 aliphatic rings. The van der Waals surface area contributed by atoms with Gasteiger partial charge in [-0.05, 0) is 27.7 Å². The largest absolute Gasteiger partial charge is 0.468 e. The molecule has 4 nitrogen and oxygen atoms in total. The van der Waals surface area contributed by atoms with Gasteiger partial charge in [0.1, 0.15) is 5.76 Å². The number of nitrogens with zero attached hydrogens (tertiary/aromatic N) is 2. The number of thiophene rings is 1. The van der Waals surface area contributed by atoms with E-state index in [1.807, 2.05) is 23.6 Å². The molecule has 1 N–H and O–H groups in total. The normalized spacial score (nSPS) is 10.1. The van der Waals surface area contributed by atoms with Crippen molar-refractivity contribution in [1.82, 2.24) is 9.97 Å². The van der Waals surface area contributed by atoms with Crippen LogP contribution in [0.3, 0.4) is 0 Å². The van der Waals surface area contributed by atoms with Crippen molar-refractivity contribution in [2.24, 2.45) is 0 Å². The summed E-state index contributed by atoms with van der Waals surface area (Å²) >= 11 is 1.61. The van der Waals surface area contributed by atoms with Crippen LogP contribution in [0.25, 0.3) is 10.2 Å². The Labute approximate surface area is 127 Å². The zero-order valence-corrected chi connectivity index (χ0v) is 12.5. The van der Waals surface area contributed by atoms with E-state index in [0.29, 0.717) is 6.54 Å². The summed E-state index contributed by atoms with van der Waals surface area (Å²) in [6.07, 6.45) is 4.29. The summed E-state index contributed by atoms with van der Waals surface area (Å²) in [5.41, 5.74) is 0.918. The fourth-order valence-corrected chi connectivity index (χ4v) is 2.25. The molecule has 0 fully saturated rings. The number of hydrogen-bond donors (Lipinski definition) is 1. The molecule has 83 valence electrons. The number of hydrogen-bond acceptors (Lipinski definition) is 5. The Hall–Kier alpha value is -0.776. The second-order valence-electron chi connectivity index (χ2n) is 3.24. The smallest absolute Gasteiger partial charge is 0.121 e. The molecule has 0 saturated heterocycles. The third kappa shape index (κ3) is 2.73. The zero-order valence-electron chi connectivity index (χ0n) is 8.88. The molecular formula is C11H8N3OSY-. The fourth-order valence-electron chi connectivity index (χ4n) is 1.45. The average molecular weight is 319 g/mol. The van der Waals surface area contributed by atoms with Gasteiger partial charge in [-0.3, -0.25) is 0 Å². The van der Waals surface area contributed by atoms with Gasteiger partial charge in [0.2, 0.25) is 0 Å². The Bertz CT molecular complexity index is 594. The summed E-state index contributed by atoms with van der Waals surface area (Å²) in [5, 5.41) is 5.20. The number of rotatable bonds is 3. The quantitative estimate of drug-likeness (QED) is 0.754. The average Bonchev–Trinajstić information content (AvgIpc) is 2.97. The predicted molar refractivity (Wildman–Crippen MR) is 62.3 cm³/mol. The van der Waals surface area contributed by atoms with E-state index in [-0.39, 0.29) is 32.7 Å². The summed E-state index contributed by atoms with van der Waals surface area (Å²) in [4.78, 5) is 8.16. The first-order valence-corrected chi connectivity index (χ1v) is 5.69. The molecule has 0 aliphatic heterocycles. The standard InChI is InChI=1S/C11H8N3OS.Y/c1-2-8(15-4-1)6-12-11-10-9(3-5-16-10)13-7-14-11;/h1-5H,6H2,(H,12,13,14);/q-1;. The number of aromatic nitrogens is 2. The Kier molecular flexibility index (Phi) is 4.26. The van der Waals surface area contributed by atoms with Crippen molar-refractivity contribution in [2.75, 3.05) is 5.32 Å². The van der Waals surface area contributed by atoms with Gasteiger partial charge in [0.25, 0.3) is 0 Å². The SMILES string of the molecule is [Y].[c-]1nc(NCc2ccco2)c2sccc2n1. The van der Waals surface area contributed by atoms with Crippen molar-refractivity contribution in [3.63, 3.8) is 0 Å². The zero-order chi connectivity index (χ0) is 10.8. The van der Waals surface area contributed by atoms with Crippen LogP contribution < -0.4 is 5.32 Å². The van der Waals surface area contributed by atoms with E-state index < -0.39 is 0 Å². The van der Waals surface area contributed by atoms with Crippen molar-refractivity contribution in [1.29, 1.82) is 0 Å². The van der Waals surface area contributed by atoms with E-state index in [0.717, 1.165) is 21.8 Å². The van der Waals surface area contributed by atoms with Crippen molar-refractivity contribution in [3.8, 4) is 0 Å². The molecule has 0 spiro atoms. The second-order valence-corrected chi connectivity index (χ2v) is 4.16. The van der Waals surface area contributed by atoms with Crippen molar-refractivity contribution in [3.05, 3.63) is 41.9 Å². The summed E-state index contributed by atoms with van der Waals surface area (Å²) in [7, 11) is 0. The molecule has 3 aromatic rings. The van der Waals surface area contributed by atoms with Gasteiger partial charge in [-0.2, -0.15) is 11.3 Å². The van der Waals surface area contributed by atoms with Crippen LogP contribution in [-0.2, 0) is 39.3 Å². The Morgan fingerprint density at radius 3 is 3.12 bits per heavy atom. The van der Waals surface area contributed by atoms with Gasteiger partial charge in [0.05, 0.1) is 12.8 Å². The molecular weight excluding hydrogens is 311 g/mol. The molecule has 3 rings (SSSR count). The van der Waals surface area contributed by atoms with Crippen molar-refractivity contribution in [2.45, 2.75) is 6.54 Å². The van der Waals surface area contributed by atoms with E-state index >= 15 is 0 Å². The van der Waals surface area contributed by atoms with Crippen LogP contribution in [0.2, 0.25) is 0 Å². The molecule has 0 aromatic carbocycles. The minimum atomic E-state index is 0. The van der Waals surface area contributed by atoms with Crippen molar-refractivity contribution < 1.29 is 37.1 Å². The predicted octanol–water partition coefficient (Wildman–Crippen LogP) is 2.69. The van der Waals surface area contributed by atoms with Gasteiger partial charge in [-0.1, -0.05) is 6.07 Å². The molecule has 6 heteroatoms. The molecule has 0 atom stereocenters. The van der Waals surface area contributed by atoms with Gasteiger partial charge in [-0.15, -0.1) is 0 Å². The maximum atomic E-state index is 5.24. The summed E-state index contributed by atoms with van der Waals surface area (Å²) in [6.45, 7) is 0.616. The maximum absolute atomic E-state index is 5.24. The molecule has 0 bridgehead atoms. The number of nitrogens with one attached hydrogen (secondary N) is 1. The van der Waals surface area contributed by atoms with Gasteiger partial charge in [0.15, 0.2) is 0 Å². The number of anilines is 1. The topological polar surface area (TPSA) is 51.0 Å². The number of furan rings is 1. The first-order chi connectivity index (χ1) is 7.93. The third-order valence-corrected chi connectivity index (χ3v) is 3.11. The minimum absolute atomic E-state index is 0. The molecule has 1 radical (unpaired) electrons. The summed E-state index contributed by atoms with van der Waals surface area (Å²) < 4.78 is 6.28. The first-order valence-electron chi connectivity index (χ1n) is 4.81. The van der Waals surface area contributed by atoms with Crippen LogP contribution in [0.15, 0.2) is 34.3 Å². The van der Waals surface area contributed by atoms with E-state index in [1.165, 1.54) is 0 Å². The van der Waals surface area contributed by atoms with Crippen LogP contribution >= 0.6 is 11.3 Å². The minimum Gasteiger partial charge on any atom is -0.468 e. The van der Waals surface area contributed by atoms with Crippen molar-refractivity contribution >= 4 is 27.4 Å². The van der Waals surface area contributed by atoms with Crippen LogP contribution in [0.4, 0.5) is 5.82 Å². The molecule has 3 aromatic heterocycles. The Morgan fingerprint density at radius 2 is 2.29 bits per heavy atom. The van der Waals surface area contributed by atoms with Gasteiger partial charge in [-0.25, -0.2) is 0 Å². The van der Waals surface area contributed by atoms with E-state index in [2.05, 4.69) is 21.6 Å². The van der Waals surface area contributed by atoms with Crippen LogP contribution in [0.5, 0.6) is 0 Å². The van der Waals surface area contributed by atoms with Crippen LogP contribution in [-0.4, -0.2) is 9.97 Å². The molecule has 0 unspecified atom stereocenters. The fraction of sp³-hybridized carbons (Fsp3) is 0.0909. The van der Waals surface area contributed by atoms with Gasteiger partial charge < -0.3 is 19.7 Å². The summed E-state index contributed by atoms with van der Waals surface area (Å²) in [6, 6.07) is 5.74.